The molecule has 21 heavy (non-hydrogen) atoms. The third-order valence-corrected chi connectivity index (χ3v) is 3.06. The van der Waals surface area contributed by atoms with Crippen LogP contribution < -0.4 is 17.0 Å². The molecular formula is C15H19N3O3. The van der Waals surface area contributed by atoms with Crippen LogP contribution in [0, 0.1) is 0 Å². The number of nitrogen functional groups attached to an aromatic ring is 1. The molecular weight excluding hydrogens is 270 g/mol. The Morgan fingerprint density at radius 3 is 2.57 bits per heavy atom. The van der Waals surface area contributed by atoms with Crippen LogP contribution >= 0.6 is 0 Å². The van der Waals surface area contributed by atoms with Crippen LogP contribution in [0.15, 0.2) is 46.1 Å². The van der Waals surface area contributed by atoms with Crippen LogP contribution in [0.4, 0.5) is 5.69 Å². The van der Waals surface area contributed by atoms with Crippen molar-refractivity contribution in [1.82, 2.24) is 9.13 Å². The minimum absolute atomic E-state index is 0.0476. The van der Waals surface area contributed by atoms with E-state index < -0.39 is 11.2 Å². The summed E-state index contributed by atoms with van der Waals surface area (Å²) in [5, 5.41) is 0. The van der Waals surface area contributed by atoms with Gasteiger partial charge in [0.15, 0.2) is 0 Å². The zero-order valence-electron chi connectivity index (χ0n) is 12.0. The lowest BCUT2D eigenvalue weighted by Crippen LogP contribution is -2.41. The summed E-state index contributed by atoms with van der Waals surface area (Å²) < 4.78 is 7.90. The standard InChI is InChI=1S/C15H19N3O3/c1-2-8-17-9-13(16)14(19)18(15(17)20)11-21-10-12-6-4-3-5-7-12/h3-7,9H,2,8,10-11,16H2,1H3. The van der Waals surface area contributed by atoms with E-state index >= 15 is 0 Å². The van der Waals surface area contributed by atoms with Gasteiger partial charge >= 0.3 is 5.69 Å². The maximum atomic E-state index is 12.2. The number of anilines is 1. The lowest BCUT2D eigenvalue weighted by atomic mass is 10.2. The fraction of sp³-hybridized carbons (Fsp3) is 0.333. The third kappa shape index (κ3) is 3.61. The lowest BCUT2D eigenvalue weighted by molar-refractivity contribution is 0.0580. The summed E-state index contributed by atoms with van der Waals surface area (Å²) >= 11 is 0. The Kier molecular flexibility index (Phi) is 4.94. The van der Waals surface area contributed by atoms with Gasteiger partial charge in [0.1, 0.15) is 12.4 Å². The molecule has 1 aromatic carbocycles. The van der Waals surface area contributed by atoms with Crippen LogP contribution in [0.2, 0.25) is 0 Å². The molecule has 6 heteroatoms. The van der Waals surface area contributed by atoms with Crippen molar-refractivity contribution in [3.8, 4) is 0 Å². The largest absolute Gasteiger partial charge is 0.393 e. The molecule has 0 atom stereocenters. The van der Waals surface area contributed by atoms with E-state index in [-0.39, 0.29) is 12.4 Å². The molecule has 6 nitrogen and oxygen atoms in total. The summed E-state index contributed by atoms with van der Waals surface area (Å²) in [7, 11) is 0. The number of rotatable bonds is 6. The summed E-state index contributed by atoms with van der Waals surface area (Å²) in [4.78, 5) is 24.1. The first kappa shape index (κ1) is 15.1. The SMILES string of the molecule is CCCn1cc(N)c(=O)n(COCc2ccccc2)c1=O. The van der Waals surface area contributed by atoms with Gasteiger partial charge in [-0.05, 0) is 12.0 Å². The number of benzene rings is 1. The molecule has 0 aliphatic rings. The van der Waals surface area contributed by atoms with Crippen molar-refractivity contribution < 1.29 is 4.74 Å². The number of aromatic nitrogens is 2. The van der Waals surface area contributed by atoms with E-state index in [1.165, 1.54) is 10.8 Å². The van der Waals surface area contributed by atoms with E-state index in [4.69, 9.17) is 10.5 Å². The van der Waals surface area contributed by atoms with E-state index in [0.717, 1.165) is 16.6 Å². The second kappa shape index (κ2) is 6.90. The van der Waals surface area contributed by atoms with E-state index in [1.807, 2.05) is 37.3 Å². The molecule has 1 aromatic heterocycles. The first-order chi connectivity index (χ1) is 10.1. The van der Waals surface area contributed by atoms with E-state index in [0.29, 0.717) is 13.2 Å². The van der Waals surface area contributed by atoms with Crippen molar-refractivity contribution >= 4 is 5.69 Å². The van der Waals surface area contributed by atoms with Gasteiger partial charge in [0, 0.05) is 12.7 Å². The van der Waals surface area contributed by atoms with Crippen LogP contribution in [0.1, 0.15) is 18.9 Å². The average molecular weight is 289 g/mol. The number of hydrogen-bond donors (Lipinski definition) is 1. The Balaban J connectivity index is 2.16. The minimum Gasteiger partial charge on any atom is -0.393 e. The first-order valence-electron chi connectivity index (χ1n) is 6.85. The fourth-order valence-corrected chi connectivity index (χ4v) is 2.02. The molecule has 0 aliphatic heterocycles. The molecule has 0 aliphatic carbocycles. The smallest absolute Gasteiger partial charge is 0.333 e. The normalized spacial score (nSPS) is 10.7. The van der Waals surface area contributed by atoms with E-state index in [2.05, 4.69) is 0 Å². The second-order valence-electron chi connectivity index (χ2n) is 4.76. The summed E-state index contributed by atoms with van der Waals surface area (Å²) in [6, 6.07) is 9.55. The molecule has 2 N–H and O–H groups in total. The van der Waals surface area contributed by atoms with Crippen molar-refractivity contribution in [2.45, 2.75) is 33.2 Å². The molecule has 0 amide bonds. The highest BCUT2D eigenvalue weighted by atomic mass is 16.5. The van der Waals surface area contributed by atoms with Gasteiger partial charge in [0.2, 0.25) is 0 Å². The van der Waals surface area contributed by atoms with E-state index in [9.17, 15) is 9.59 Å². The summed E-state index contributed by atoms with van der Waals surface area (Å²) in [5.41, 5.74) is 5.77. The van der Waals surface area contributed by atoms with Gasteiger partial charge < -0.3 is 10.5 Å². The Morgan fingerprint density at radius 1 is 1.19 bits per heavy atom. The molecule has 0 saturated carbocycles. The molecule has 112 valence electrons. The fourth-order valence-electron chi connectivity index (χ4n) is 2.02. The maximum absolute atomic E-state index is 12.2. The summed E-state index contributed by atoms with van der Waals surface area (Å²) in [6.07, 6.45) is 2.17. The first-order valence-corrected chi connectivity index (χ1v) is 6.85. The molecule has 2 rings (SSSR count). The predicted molar refractivity (Wildman–Crippen MR) is 80.9 cm³/mol. The molecule has 0 unspecified atom stereocenters. The Hall–Kier alpha value is -2.34. The number of nitrogens with zero attached hydrogens (tertiary/aromatic N) is 2. The van der Waals surface area contributed by atoms with Gasteiger partial charge in [-0.3, -0.25) is 9.36 Å². The average Bonchev–Trinajstić information content (AvgIpc) is 2.49. The van der Waals surface area contributed by atoms with Crippen molar-refractivity contribution in [1.29, 1.82) is 0 Å². The molecule has 1 heterocycles. The van der Waals surface area contributed by atoms with Crippen LogP contribution in [-0.2, 0) is 24.6 Å². The van der Waals surface area contributed by atoms with Crippen LogP contribution in [0.3, 0.4) is 0 Å². The highest BCUT2D eigenvalue weighted by Gasteiger charge is 2.09. The van der Waals surface area contributed by atoms with Crippen LogP contribution in [0.5, 0.6) is 0 Å². The summed E-state index contributed by atoms with van der Waals surface area (Å²) in [6.45, 7) is 2.68. The van der Waals surface area contributed by atoms with Gasteiger partial charge in [0.05, 0.1) is 6.61 Å². The number of ether oxygens (including phenoxy) is 1. The number of aryl methyl sites for hydroxylation is 1. The number of nitrogens with two attached hydrogens (primary N) is 1. The Bertz CT molecular complexity index is 704. The van der Waals surface area contributed by atoms with Gasteiger partial charge in [-0.25, -0.2) is 9.36 Å². The summed E-state index contributed by atoms with van der Waals surface area (Å²) in [5.74, 6) is 0. The van der Waals surface area contributed by atoms with E-state index in [1.54, 1.807) is 0 Å². The topological polar surface area (TPSA) is 79.2 Å². The van der Waals surface area contributed by atoms with Crippen LogP contribution in [-0.4, -0.2) is 9.13 Å². The molecule has 0 radical (unpaired) electrons. The zero-order valence-corrected chi connectivity index (χ0v) is 12.0. The molecule has 0 fully saturated rings. The number of hydrogen-bond acceptors (Lipinski definition) is 4. The predicted octanol–water partition coefficient (Wildman–Crippen LogP) is 1.18. The zero-order chi connectivity index (χ0) is 15.2. The lowest BCUT2D eigenvalue weighted by Gasteiger charge is -2.11. The highest BCUT2D eigenvalue weighted by Crippen LogP contribution is 2.01. The van der Waals surface area contributed by atoms with Gasteiger partial charge in [0.25, 0.3) is 5.56 Å². The molecule has 0 bridgehead atoms. The molecule has 0 saturated heterocycles. The Labute approximate surface area is 122 Å². The van der Waals surface area contributed by atoms with Crippen LogP contribution in [0.25, 0.3) is 0 Å². The van der Waals surface area contributed by atoms with Gasteiger partial charge in [-0.15, -0.1) is 0 Å². The second-order valence-corrected chi connectivity index (χ2v) is 4.76. The van der Waals surface area contributed by atoms with Crippen molar-refractivity contribution in [2.24, 2.45) is 0 Å². The molecule has 0 spiro atoms. The highest BCUT2D eigenvalue weighted by molar-refractivity contribution is 5.30. The third-order valence-electron chi connectivity index (χ3n) is 3.06. The maximum Gasteiger partial charge on any atom is 0.333 e. The minimum atomic E-state index is -0.514. The molecule has 2 aromatic rings. The Morgan fingerprint density at radius 2 is 1.90 bits per heavy atom. The quantitative estimate of drug-likeness (QED) is 0.866. The van der Waals surface area contributed by atoms with Gasteiger partial charge in [-0.2, -0.15) is 0 Å². The van der Waals surface area contributed by atoms with Crippen molar-refractivity contribution in [2.75, 3.05) is 5.73 Å². The monoisotopic (exact) mass is 289 g/mol. The van der Waals surface area contributed by atoms with Crippen molar-refractivity contribution in [3.63, 3.8) is 0 Å². The van der Waals surface area contributed by atoms with Gasteiger partial charge in [-0.1, -0.05) is 37.3 Å². The van der Waals surface area contributed by atoms with Crippen molar-refractivity contribution in [3.05, 3.63) is 62.9 Å².